The average molecular weight is 448 g/mol. The number of amides is 3. The van der Waals surface area contributed by atoms with Gasteiger partial charge in [-0.05, 0) is 36.5 Å². The highest BCUT2D eigenvalue weighted by Gasteiger charge is 2.21. The molecule has 0 unspecified atom stereocenters. The summed E-state index contributed by atoms with van der Waals surface area (Å²) in [6, 6.07) is 8.42. The molecule has 0 saturated heterocycles. The van der Waals surface area contributed by atoms with Crippen LogP contribution in [-0.2, 0) is 11.3 Å². The number of aromatic nitrogens is 3. The summed E-state index contributed by atoms with van der Waals surface area (Å²) in [5.41, 5.74) is 2.17. The molecule has 0 radical (unpaired) electrons. The van der Waals surface area contributed by atoms with Crippen LogP contribution >= 0.6 is 0 Å². The highest BCUT2D eigenvalue weighted by molar-refractivity contribution is 5.98. The molecule has 1 saturated carbocycles. The first-order chi connectivity index (χ1) is 16.1. The number of fused-ring (bicyclic) bond motifs is 2. The van der Waals surface area contributed by atoms with Gasteiger partial charge >= 0.3 is 0 Å². The van der Waals surface area contributed by atoms with E-state index in [1.54, 1.807) is 24.4 Å². The summed E-state index contributed by atoms with van der Waals surface area (Å²) in [5, 5.41) is 12.7. The number of nitrogens with one attached hydrogen (secondary N) is 3. The van der Waals surface area contributed by atoms with Crippen molar-refractivity contribution in [1.82, 2.24) is 25.2 Å². The minimum Gasteiger partial charge on any atom is -0.482 e. The Bertz CT molecular complexity index is 1230. The molecule has 3 amide bonds. The zero-order valence-corrected chi connectivity index (χ0v) is 18.0. The smallest absolute Gasteiger partial charge is 0.270 e. The van der Waals surface area contributed by atoms with Gasteiger partial charge in [-0.25, -0.2) is 9.50 Å². The van der Waals surface area contributed by atoms with Crippen LogP contribution in [0.15, 0.2) is 36.5 Å². The molecule has 2 aliphatic rings. The lowest BCUT2D eigenvalue weighted by Crippen LogP contribution is -2.31. The normalized spacial score (nSPS) is 15.6. The minimum atomic E-state index is -0.415. The second kappa shape index (κ2) is 8.89. The summed E-state index contributed by atoms with van der Waals surface area (Å²) in [6.45, 7) is 0.823. The Morgan fingerprint density at radius 1 is 1.12 bits per heavy atom. The lowest BCUT2D eigenvalue weighted by molar-refractivity contribution is -0.118. The first kappa shape index (κ1) is 20.9. The van der Waals surface area contributed by atoms with Crippen LogP contribution in [0.4, 0.5) is 5.69 Å². The summed E-state index contributed by atoms with van der Waals surface area (Å²) in [4.78, 5) is 41.6. The van der Waals surface area contributed by atoms with Crippen LogP contribution in [0.3, 0.4) is 0 Å². The number of carbonyl (C=O) groups is 3. The molecule has 33 heavy (non-hydrogen) atoms. The van der Waals surface area contributed by atoms with Crippen molar-refractivity contribution in [2.45, 2.75) is 32.2 Å². The number of rotatable bonds is 6. The van der Waals surface area contributed by atoms with Gasteiger partial charge in [-0.1, -0.05) is 18.9 Å². The Balaban J connectivity index is 1.30. The first-order valence-corrected chi connectivity index (χ1v) is 11.0. The second-order valence-corrected chi connectivity index (χ2v) is 8.34. The molecular formula is C23H24N6O4. The van der Waals surface area contributed by atoms with E-state index in [1.807, 2.05) is 6.07 Å². The van der Waals surface area contributed by atoms with Gasteiger partial charge in [0.1, 0.15) is 17.1 Å². The maximum Gasteiger partial charge on any atom is 0.270 e. The van der Waals surface area contributed by atoms with Gasteiger partial charge < -0.3 is 20.7 Å². The summed E-state index contributed by atoms with van der Waals surface area (Å²) >= 11 is 0. The number of hydrogen-bond acceptors (Lipinski definition) is 6. The van der Waals surface area contributed by atoms with Crippen molar-refractivity contribution in [3.05, 3.63) is 53.5 Å². The molecule has 0 atom stereocenters. The quantitative estimate of drug-likeness (QED) is 0.529. The average Bonchev–Trinajstić information content (AvgIpc) is 3.52. The third kappa shape index (κ3) is 4.50. The SMILES string of the molecule is O=C1COc2ccc(CNC(=O)c3cc(C(=O)NCC4CCCC4)n4nccc4n3)cc2N1. The van der Waals surface area contributed by atoms with Gasteiger partial charge in [0.2, 0.25) is 0 Å². The zero-order valence-electron chi connectivity index (χ0n) is 18.0. The van der Waals surface area contributed by atoms with E-state index in [-0.39, 0.29) is 36.4 Å². The molecular weight excluding hydrogens is 424 g/mol. The monoisotopic (exact) mass is 448 g/mol. The molecule has 3 heterocycles. The van der Waals surface area contributed by atoms with E-state index in [0.29, 0.717) is 29.5 Å². The maximum atomic E-state index is 12.9. The van der Waals surface area contributed by atoms with Gasteiger partial charge in [0.05, 0.1) is 11.9 Å². The highest BCUT2D eigenvalue weighted by atomic mass is 16.5. The molecule has 1 aliphatic heterocycles. The topological polar surface area (TPSA) is 127 Å². The zero-order chi connectivity index (χ0) is 22.8. The highest BCUT2D eigenvalue weighted by Crippen LogP contribution is 2.28. The fraction of sp³-hybridized carbons (Fsp3) is 0.348. The molecule has 0 spiro atoms. The number of anilines is 1. The van der Waals surface area contributed by atoms with E-state index in [4.69, 9.17) is 4.74 Å². The largest absolute Gasteiger partial charge is 0.482 e. The molecule has 3 aromatic rings. The lowest BCUT2D eigenvalue weighted by atomic mass is 10.1. The van der Waals surface area contributed by atoms with Gasteiger partial charge in [-0.3, -0.25) is 14.4 Å². The van der Waals surface area contributed by atoms with E-state index in [1.165, 1.54) is 23.4 Å². The molecule has 3 N–H and O–H groups in total. The first-order valence-electron chi connectivity index (χ1n) is 11.0. The van der Waals surface area contributed by atoms with Crippen molar-refractivity contribution in [3.63, 3.8) is 0 Å². The standard InChI is InChI=1S/C23H24N6O4/c30-21-13-33-19-6-5-15(9-16(19)28-21)12-24-22(31)17-10-18(29-20(27-17)7-8-26-29)23(32)25-11-14-3-1-2-4-14/h5-10,14H,1-4,11-13H2,(H,24,31)(H,25,32)(H,28,30). The van der Waals surface area contributed by atoms with Gasteiger partial charge in [0.15, 0.2) is 12.3 Å². The van der Waals surface area contributed by atoms with Gasteiger partial charge in [-0.15, -0.1) is 0 Å². The van der Waals surface area contributed by atoms with Crippen molar-refractivity contribution in [2.75, 3.05) is 18.5 Å². The Morgan fingerprint density at radius 3 is 2.82 bits per heavy atom. The molecule has 1 aliphatic carbocycles. The van der Waals surface area contributed by atoms with Crippen LogP contribution < -0.4 is 20.7 Å². The van der Waals surface area contributed by atoms with Crippen LogP contribution in [0.5, 0.6) is 5.75 Å². The Kier molecular flexibility index (Phi) is 5.64. The number of hydrogen-bond donors (Lipinski definition) is 3. The van der Waals surface area contributed by atoms with Crippen LogP contribution in [0.2, 0.25) is 0 Å². The van der Waals surface area contributed by atoms with E-state index in [2.05, 4.69) is 26.0 Å². The van der Waals surface area contributed by atoms with Gasteiger partial charge in [0.25, 0.3) is 17.7 Å². The Hall–Kier alpha value is -3.95. The van der Waals surface area contributed by atoms with E-state index < -0.39 is 5.91 Å². The molecule has 10 heteroatoms. The summed E-state index contributed by atoms with van der Waals surface area (Å²) < 4.78 is 6.79. The van der Waals surface area contributed by atoms with Crippen LogP contribution in [0.1, 0.15) is 52.2 Å². The van der Waals surface area contributed by atoms with Crippen molar-refractivity contribution in [3.8, 4) is 5.75 Å². The van der Waals surface area contributed by atoms with Crippen molar-refractivity contribution in [1.29, 1.82) is 0 Å². The van der Waals surface area contributed by atoms with Crippen molar-refractivity contribution in [2.24, 2.45) is 5.92 Å². The molecule has 5 rings (SSSR count). The molecule has 2 aromatic heterocycles. The molecule has 0 bridgehead atoms. The second-order valence-electron chi connectivity index (χ2n) is 8.34. The van der Waals surface area contributed by atoms with E-state index in [9.17, 15) is 14.4 Å². The fourth-order valence-corrected chi connectivity index (χ4v) is 4.25. The molecule has 1 aromatic carbocycles. The number of benzene rings is 1. The Morgan fingerprint density at radius 2 is 1.97 bits per heavy atom. The molecule has 10 nitrogen and oxygen atoms in total. The van der Waals surface area contributed by atoms with E-state index in [0.717, 1.165) is 18.4 Å². The predicted molar refractivity (Wildman–Crippen MR) is 119 cm³/mol. The third-order valence-corrected chi connectivity index (χ3v) is 5.98. The lowest BCUT2D eigenvalue weighted by Gasteiger charge is -2.18. The number of ether oxygens (including phenoxy) is 1. The Labute approximate surface area is 189 Å². The summed E-state index contributed by atoms with van der Waals surface area (Å²) in [5.74, 6) is 0.170. The maximum absolute atomic E-state index is 12.9. The molecule has 170 valence electrons. The van der Waals surface area contributed by atoms with Crippen LogP contribution in [-0.4, -0.2) is 45.5 Å². The minimum absolute atomic E-state index is 0.0115. The van der Waals surface area contributed by atoms with Gasteiger partial charge in [-0.2, -0.15) is 5.10 Å². The third-order valence-electron chi connectivity index (χ3n) is 5.98. The van der Waals surface area contributed by atoms with Crippen molar-refractivity contribution >= 4 is 29.1 Å². The predicted octanol–water partition coefficient (Wildman–Crippen LogP) is 1.91. The van der Waals surface area contributed by atoms with Crippen molar-refractivity contribution < 1.29 is 19.1 Å². The van der Waals surface area contributed by atoms with Crippen LogP contribution in [0, 0.1) is 5.92 Å². The number of nitrogens with zero attached hydrogens (tertiary/aromatic N) is 3. The molecule has 1 fully saturated rings. The number of carbonyl (C=O) groups excluding carboxylic acids is 3. The van der Waals surface area contributed by atoms with Crippen LogP contribution in [0.25, 0.3) is 5.65 Å². The van der Waals surface area contributed by atoms with E-state index >= 15 is 0 Å². The summed E-state index contributed by atoms with van der Waals surface area (Å²) in [6.07, 6.45) is 6.20. The van der Waals surface area contributed by atoms with Gasteiger partial charge in [0, 0.05) is 25.2 Å². The fourth-order valence-electron chi connectivity index (χ4n) is 4.25. The summed E-state index contributed by atoms with van der Waals surface area (Å²) in [7, 11) is 0.